The molecule has 1 aromatic carbocycles. The van der Waals surface area contributed by atoms with Crippen molar-refractivity contribution in [3.63, 3.8) is 0 Å². The summed E-state index contributed by atoms with van der Waals surface area (Å²) in [6.45, 7) is 16.5. The summed E-state index contributed by atoms with van der Waals surface area (Å²) in [5.41, 5.74) is 1.75. The molecule has 0 fully saturated rings. The second-order valence-corrected chi connectivity index (χ2v) is 15.7. The highest BCUT2D eigenvalue weighted by atomic mass is 28.3. The van der Waals surface area contributed by atoms with Gasteiger partial charge in [0.25, 0.3) is 0 Å². The Bertz CT molecular complexity index is 1170. The van der Waals surface area contributed by atoms with E-state index in [1.807, 2.05) is 0 Å². The Labute approximate surface area is 224 Å². The fourth-order valence-electron chi connectivity index (χ4n) is 3.44. The monoisotopic (exact) mass is 542 g/mol. The summed E-state index contributed by atoms with van der Waals surface area (Å²) in [5, 5.41) is 15.3. The zero-order valence-electron chi connectivity index (χ0n) is 22.7. The molecule has 0 saturated carbocycles. The number of imidazole rings is 1. The lowest BCUT2D eigenvalue weighted by atomic mass is 10.1. The maximum absolute atomic E-state index is 12.7. The van der Waals surface area contributed by atoms with Gasteiger partial charge in [0, 0.05) is 32.1 Å². The minimum absolute atomic E-state index is 0.130. The van der Waals surface area contributed by atoms with Crippen molar-refractivity contribution < 1.29 is 29.0 Å². The Hall–Kier alpha value is -3.70. The highest BCUT2D eigenvalue weighted by Gasteiger charge is 2.26. The van der Waals surface area contributed by atoms with Gasteiger partial charge in [-0.05, 0) is 30.7 Å². The highest BCUT2D eigenvalue weighted by Crippen LogP contribution is 2.33. The molecular weight excluding hydrogens is 504 g/mol. The Morgan fingerprint density at radius 2 is 1.92 bits per heavy atom. The van der Waals surface area contributed by atoms with Crippen LogP contribution < -0.4 is 10.6 Å². The lowest BCUT2D eigenvalue weighted by Crippen LogP contribution is -2.22. The first-order valence-corrected chi connectivity index (χ1v) is 16.0. The predicted octanol–water partition coefficient (Wildman–Crippen LogP) is 5.55. The van der Waals surface area contributed by atoms with E-state index in [1.165, 1.54) is 13.2 Å². The van der Waals surface area contributed by atoms with Crippen LogP contribution in [0, 0.1) is 5.92 Å². The van der Waals surface area contributed by atoms with Crippen molar-refractivity contribution in [2.24, 2.45) is 5.92 Å². The topological polar surface area (TPSA) is 132 Å². The number of hydrogen-bond donors (Lipinski definition) is 3. The van der Waals surface area contributed by atoms with Gasteiger partial charge in [0.1, 0.15) is 18.5 Å². The van der Waals surface area contributed by atoms with Crippen LogP contribution in [0.25, 0.3) is 11.3 Å². The Balaban J connectivity index is 2.55. The van der Waals surface area contributed by atoms with E-state index in [9.17, 15) is 19.5 Å². The lowest BCUT2D eigenvalue weighted by Gasteiger charge is -2.17. The largest absolute Gasteiger partial charge is 0.481 e. The van der Waals surface area contributed by atoms with Gasteiger partial charge in [-0.25, -0.2) is 9.78 Å². The number of aliphatic carboxylic acids is 1. The summed E-state index contributed by atoms with van der Waals surface area (Å²) in [7, 11) is -0.0578. The minimum Gasteiger partial charge on any atom is -0.481 e. The smallest absolute Gasteiger partial charge is 0.411 e. The van der Waals surface area contributed by atoms with Crippen LogP contribution in [-0.4, -0.2) is 54.4 Å². The first-order chi connectivity index (χ1) is 17.9. The number of rotatable bonds is 14. The van der Waals surface area contributed by atoms with E-state index in [0.29, 0.717) is 35.1 Å². The fourth-order valence-corrected chi connectivity index (χ4v) is 4.19. The van der Waals surface area contributed by atoms with Crippen molar-refractivity contribution in [1.82, 2.24) is 9.55 Å². The van der Waals surface area contributed by atoms with E-state index in [1.54, 1.807) is 42.0 Å². The third-order valence-corrected chi connectivity index (χ3v) is 7.50. The second-order valence-electron chi connectivity index (χ2n) is 10.1. The molecule has 3 N–H and O–H groups in total. The zero-order chi connectivity index (χ0) is 28.5. The number of allylic oxidation sites excluding steroid dienone is 1. The maximum Gasteiger partial charge on any atom is 0.411 e. The van der Waals surface area contributed by atoms with Gasteiger partial charge < -0.3 is 24.5 Å². The number of aromatic nitrogens is 2. The SMILES string of the molecule is C=CCC(C(=O)O)c1nc(-c2ccc(NC(=O)OC)cc2NC(=O)C(C)C=C)cn1COCC[Si](C)(C)C. The predicted molar refractivity (Wildman–Crippen MR) is 151 cm³/mol. The molecule has 0 bridgehead atoms. The molecule has 38 heavy (non-hydrogen) atoms. The zero-order valence-corrected chi connectivity index (χ0v) is 23.7. The standard InChI is InChI=1S/C27H38N4O6Si/c1-8-10-21(26(33)34)24-29-23(16-31(24)17-37-13-14-38(5,6)7)20-12-11-19(28-27(35)36-4)15-22(20)30-25(32)18(3)9-2/h8-9,11-12,15-16,18,21H,1-2,10,13-14,17H2,3-7H3,(H,28,35)(H,30,32)(H,33,34). The number of nitrogens with one attached hydrogen (secondary N) is 2. The van der Waals surface area contributed by atoms with Crippen molar-refractivity contribution in [3.05, 3.63) is 55.5 Å². The molecule has 0 saturated heterocycles. The third kappa shape index (κ3) is 8.70. The molecular formula is C27H38N4O6Si. The van der Waals surface area contributed by atoms with Crippen molar-refractivity contribution in [1.29, 1.82) is 0 Å². The number of carbonyl (C=O) groups is 3. The molecule has 10 nitrogen and oxygen atoms in total. The van der Waals surface area contributed by atoms with Crippen molar-refractivity contribution >= 4 is 37.4 Å². The van der Waals surface area contributed by atoms with Gasteiger partial charge in [-0.1, -0.05) is 38.7 Å². The Morgan fingerprint density at radius 3 is 2.50 bits per heavy atom. The van der Waals surface area contributed by atoms with Crippen molar-refractivity contribution in [2.45, 2.75) is 51.7 Å². The first kappa shape index (κ1) is 30.5. The van der Waals surface area contributed by atoms with Crippen LogP contribution in [0.2, 0.25) is 25.7 Å². The maximum atomic E-state index is 12.7. The van der Waals surface area contributed by atoms with Crippen LogP contribution in [-0.2, 0) is 25.8 Å². The van der Waals surface area contributed by atoms with Crippen LogP contribution in [0.3, 0.4) is 0 Å². The average Bonchev–Trinajstić information content (AvgIpc) is 3.27. The Kier molecular flexibility index (Phi) is 11.0. The molecule has 0 aliphatic carbocycles. The molecule has 2 amide bonds. The van der Waals surface area contributed by atoms with Gasteiger partial charge >= 0.3 is 12.1 Å². The van der Waals surface area contributed by atoms with Crippen LogP contribution in [0.5, 0.6) is 0 Å². The third-order valence-electron chi connectivity index (χ3n) is 5.80. The van der Waals surface area contributed by atoms with Crippen molar-refractivity contribution in [2.75, 3.05) is 24.4 Å². The summed E-state index contributed by atoms with van der Waals surface area (Å²) in [6, 6.07) is 5.87. The van der Waals surface area contributed by atoms with Crippen LogP contribution in [0.4, 0.5) is 16.2 Å². The molecule has 2 unspecified atom stereocenters. The van der Waals surface area contributed by atoms with E-state index in [4.69, 9.17) is 4.74 Å². The number of carbonyl (C=O) groups excluding carboxylic acids is 2. The average molecular weight is 543 g/mol. The normalized spacial score (nSPS) is 12.8. The van der Waals surface area contributed by atoms with Gasteiger partial charge in [-0.15, -0.1) is 13.2 Å². The number of benzene rings is 1. The van der Waals surface area contributed by atoms with Gasteiger partial charge in [-0.2, -0.15) is 0 Å². The number of amides is 2. The van der Waals surface area contributed by atoms with Gasteiger partial charge in [0.05, 0.1) is 24.4 Å². The Morgan fingerprint density at radius 1 is 1.21 bits per heavy atom. The van der Waals surface area contributed by atoms with Gasteiger partial charge in [0.15, 0.2) is 0 Å². The number of carboxylic acids is 1. The summed E-state index contributed by atoms with van der Waals surface area (Å²) in [4.78, 5) is 41.2. The molecule has 0 aliphatic heterocycles. The van der Waals surface area contributed by atoms with E-state index in [0.717, 1.165) is 6.04 Å². The minimum atomic E-state index is -1.31. The molecule has 0 aliphatic rings. The molecule has 0 radical (unpaired) electrons. The van der Waals surface area contributed by atoms with Gasteiger partial charge in [-0.3, -0.25) is 14.9 Å². The molecule has 0 spiro atoms. The molecule has 2 rings (SSSR count). The summed E-state index contributed by atoms with van der Waals surface area (Å²) in [5.74, 6) is -2.43. The lowest BCUT2D eigenvalue weighted by molar-refractivity contribution is -0.139. The number of hydrogen-bond acceptors (Lipinski definition) is 6. The van der Waals surface area contributed by atoms with E-state index < -0.39 is 32.0 Å². The van der Waals surface area contributed by atoms with E-state index >= 15 is 0 Å². The fraction of sp³-hybridized carbons (Fsp3) is 0.407. The summed E-state index contributed by atoms with van der Waals surface area (Å²) >= 11 is 0. The molecule has 206 valence electrons. The van der Waals surface area contributed by atoms with Crippen LogP contribution in [0.15, 0.2) is 49.7 Å². The van der Waals surface area contributed by atoms with Crippen molar-refractivity contribution in [3.8, 4) is 11.3 Å². The molecule has 2 aromatic rings. The molecule has 1 aromatic heterocycles. The van der Waals surface area contributed by atoms with E-state index in [2.05, 4.69) is 53.2 Å². The van der Waals surface area contributed by atoms with Crippen LogP contribution in [0.1, 0.15) is 25.1 Å². The first-order valence-electron chi connectivity index (χ1n) is 12.3. The van der Waals surface area contributed by atoms with Gasteiger partial charge in [0.2, 0.25) is 5.91 Å². The number of carboxylic acid groups (broad SMARTS) is 1. The molecule has 1 heterocycles. The number of anilines is 2. The number of nitrogens with zero attached hydrogens (tertiary/aromatic N) is 2. The molecule has 11 heteroatoms. The quantitative estimate of drug-likeness (QED) is 0.162. The second kappa shape index (κ2) is 13.7. The summed E-state index contributed by atoms with van der Waals surface area (Å²) in [6.07, 6.45) is 4.29. The van der Waals surface area contributed by atoms with Crippen LogP contribution >= 0.6 is 0 Å². The highest BCUT2D eigenvalue weighted by molar-refractivity contribution is 6.76. The van der Waals surface area contributed by atoms with E-state index in [-0.39, 0.29) is 19.1 Å². The molecule has 2 atom stereocenters. The number of ether oxygens (including phenoxy) is 2. The number of methoxy groups -OCH3 is 1. The summed E-state index contributed by atoms with van der Waals surface area (Å²) < 4.78 is 12.2.